The highest BCUT2D eigenvalue weighted by Gasteiger charge is 2.41. The molecule has 0 aromatic heterocycles. The topological polar surface area (TPSA) is 41.5 Å². The maximum atomic E-state index is 13.9. The quantitative estimate of drug-likeness (QED) is 0.708. The van der Waals surface area contributed by atoms with Gasteiger partial charge in [0.25, 0.3) is 0 Å². The van der Waals surface area contributed by atoms with E-state index < -0.39 is 11.7 Å². The van der Waals surface area contributed by atoms with Crippen LogP contribution in [-0.2, 0) is 10.3 Å². The van der Waals surface area contributed by atoms with Crippen molar-refractivity contribution in [1.29, 1.82) is 0 Å². The lowest BCUT2D eigenvalue weighted by Gasteiger charge is -2.41. The van der Waals surface area contributed by atoms with Crippen LogP contribution in [0.1, 0.15) is 29.7 Å². The van der Waals surface area contributed by atoms with Crippen LogP contribution in [-0.4, -0.2) is 24.8 Å². The Morgan fingerprint density at radius 2 is 1.75 bits per heavy atom. The summed E-state index contributed by atoms with van der Waals surface area (Å²) in [5.74, 6) is -0.270. The van der Waals surface area contributed by atoms with Crippen LogP contribution in [0.3, 0.4) is 0 Å². The summed E-state index contributed by atoms with van der Waals surface area (Å²) >= 11 is 0. The van der Waals surface area contributed by atoms with Gasteiger partial charge in [0.05, 0.1) is 12.7 Å². The molecule has 28 heavy (non-hydrogen) atoms. The minimum absolute atomic E-state index is 0.270. The van der Waals surface area contributed by atoms with Gasteiger partial charge in [-0.25, -0.2) is 4.39 Å². The summed E-state index contributed by atoms with van der Waals surface area (Å²) in [6.45, 7) is 3.65. The molecule has 0 bridgehead atoms. The van der Waals surface area contributed by atoms with Crippen molar-refractivity contribution in [1.82, 2.24) is 5.32 Å². The molecule has 4 rings (SSSR count). The number of halogens is 1. The lowest BCUT2D eigenvalue weighted by Crippen LogP contribution is -2.49. The fourth-order valence-electron chi connectivity index (χ4n) is 4.08. The molecule has 3 aromatic rings. The van der Waals surface area contributed by atoms with Gasteiger partial charge >= 0.3 is 0 Å². The van der Waals surface area contributed by atoms with Crippen molar-refractivity contribution in [2.24, 2.45) is 0 Å². The van der Waals surface area contributed by atoms with Crippen LogP contribution in [0.5, 0.6) is 0 Å². The highest BCUT2D eigenvalue weighted by molar-refractivity contribution is 5.70. The molecular weight excluding hydrogens is 353 g/mol. The van der Waals surface area contributed by atoms with Crippen molar-refractivity contribution in [3.8, 4) is 11.1 Å². The van der Waals surface area contributed by atoms with Crippen molar-refractivity contribution in [3.63, 3.8) is 0 Å². The van der Waals surface area contributed by atoms with Crippen LogP contribution in [0.25, 0.3) is 11.1 Å². The predicted molar refractivity (Wildman–Crippen MR) is 109 cm³/mol. The Morgan fingerprint density at radius 3 is 2.46 bits per heavy atom. The van der Waals surface area contributed by atoms with Gasteiger partial charge in [0.2, 0.25) is 0 Å². The first kappa shape index (κ1) is 18.8. The van der Waals surface area contributed by atoms with Crippen LogP contribution < -0.4 is 5.32 Å². The number of benzene rings is 3. The fraction of sp³-hybridized carbons (Fsp3) is 0.250. The zero-order valence-corrected chi connectivity index (χ0v) is 15.9. The summed E-state index contributed by atoms with van der Waals surface area (Å²) in [5, 5.41) is 13.8. The number of ether oxygens (including phenoxy) is 1. The van der Waals surface area contributed by atoms with E-state index in [4.69, 9.17) is 4.74 Å². The van der Waals surface area contributed by atoms with E-state index >= 15 is 0 Å². The van der Waals surface area contributed by atoms with Crippen LogP contribution in [0.4, 0.5) is 4.39 Å². The second kappa shape index (κ2) is 7.84. The highest BCUT2D eigenvalue weighted by atomic mass is 19.1. The molecule has 144 valence electrons. The smallest absolute Gasteiger partial charge is 0.131 e. The molecule has 1 aliphatic heterocycles. The number of hydrogen-bond acceptors (Lipinski definition) is 3. The van der Waals surface area contributed by atoms with Gasteiger partial charge in [0, 0.05) is 13.1 Å². The van der Waals surface area contributed by atoms with Gasteiger partial charge in [-0.1, -0.05) is 60.7 Å². The molecule has 0 saturated carbocycles. The average molecular weight is 377 g/mol. The average Bonchev–Trinajstić information content (AvgIpc) is 2.74. The third-order valence-corrected chi connectivity index (χ3v) is 5.34. The van der Waals surface area contributed by atoms with E-state index in [2.05, 4.69) is 5.32 Å². The summed E-state index contributed by atoms with van der Waals surface area (Å²) in [6.07, 6.45) is -0.625. The first-order chi connectivity index (χ1) is 13.6. The van der Waals surface area contributed by atoms with E-state index in [1.165, 1.54) is 6.07 Å². The number of nitrogens with one attached hydrogen (secondary N) is 1. The summed E-state index contributed by atoms with van der Waals surface area (Å²) in [6, 6.07) is 22.4. The molecule has 4 heteroatoms. The van der Waals surface area contributed by atoms with Gasteiger partial charge in [-0.2, -0.15) is 0 Å². The largest absolute Gasteiger partial charge is 0.389 e. The molecular formula is C24H24FNO2. The minimum Gasteiger partial charge on any atom is -0.389 e. The Balaban J connectivity index is 1.96. The molecule has 0 aliphatic carbocycles. The molecule has 1 aliphatic rings. The normalized spacial score (nSPS) is 20.7. The molecule has 1 heterocycles. The monoisotopic (exact) mass is 377 g/mol. The SMILES string of the molecule is CC(O)c1ccccc1C1(c2ccccc2-c2cccc(F)c2)CNCCO1. The molecule has 3 aromatic carbocycles. The van der Waals surface area contributed by atoms with Gasteiger partial charge < -0.3 is 15.2 Å². The van der Waals surface area contributed by atoms with Crippen LogP contribution in [0, 0.1) is 5.82 Å². The highest BCUT2D eigenvalue weighted by Crippen LogP contribution is 2.42. The fourth-order valence-corrected chi connectivity index (χ4v) is 4.08. The minimum atomic E-state index is -0.769. The third-order valence-electron chi connectivity index (χ3n) is 5.34. The van der Waals surface area contributed by atoms with Crippen molar-refractivity contribution in [2.45, 2.75) is 18.6 Å². The van der Waals surface area contributed by atoms with Crippen molar-refractivity contribution < 1.29 is 14.2 Å². The molecule has 0 spiro atoms. The Morgan fingerprint density at radius 1 is 1.00 bits per heavy atom. The van der Waals surface area contributed by atoms with Gasteiger partial charge in [0.15, 0.2) is 0 Å². The van der Waals surface area contributed by atoms with Crippen LogP contribution >= 0.6 is 0 Å². The van der Waals surface area contributed by atoms with Crippen molar-refractivity contribution in [2.75, 3.05) is 19.7 Å². The van der Waals surface area contributed by atoms with Gasteiger partial charge in [-0.15, -0.1) is 0 Å². The molecule has 1 saturated heterocycles. The molecule has 1 fully saturated rings. The van der Waals surface area contributed by atoms with Crippen molar-refractivity contribution in [3.05, 3.63) is 95.3 Å². The molecule has 0 radical (unpaired) electrons. The maximum Gasteiger partial charge on any atom is 0.131 e. The molecule has 3 nitrogen and oxygen atoms in total. The van der Waals surface area contributed by atoms with E-state index in [-0.39, 0.29) is 5.82 Å². The first-order valence-electron chi connectivity index (χ1n) is 9.59. The first-order valence-corrected chi connectivity index (χ1v) is 9.59. The van der Waals surface area contributed by atoms with Crippen LogP contribution in [0.15, 0.2) is 72.8 Å². The third kappa shape index (κ3) is 3.35. The zero-order chi connectivity index (χ0) is 19.6. The van der Waals surface area contributed by atoms with E-state index in [0.717, 1.165) is 34.4 Å². The molecule has 2 unspecified atom stereocenters. The predicted octanol–water partition coefficient (Wildman–Crippen LogP) is 4.41. The van der Waals surface area contributed by atoms with Crippen LogP contribution in [0.2, 0.25) is 0 Å². The number of rotatable bonds is 4. The van der Waals surface area contributed by atoms with E-state index in [0.29, 0.717) is 13.2 Å². The second-order valence-electron chi connectivity index (χ2n) is 7.17. The van der Waals surface area contributed by atoms with Crippen molar-refractivity contribution >= 4 is 0 Å². The lowest BCUT2D eigenvalue weighted by atomic mass is 9.78. The maximum absolute atomic E-state index is 13.9. The lowest BCUT2D eigenvalue weighted by molar-refractivity contribution is -0.0416. The van der Waals surface area contributed by atoms with E-state index in [1.807, 2.05) is 54.6 Å². The number of aliphatic hydroxyl groups excluding tert-OH is 1. The summed E-state index contributed by atoms with van der Waals surface area (Å²) in [5.41, 5.74) is 3.68. The number of morpholine rings is 1. The summed E-state index contributed by atoms with van der Waals surface area (Å²) < 4.78 is 20.4. The number of hydrogen-bond donors (Lipinski definition) is 2. The Bertz CT molecular complexity index is 964. The van der Waals surface area contributed by atoms with Gasteiger partial charge in [-0.3, -0.25) is 0 Å². The second-order valence-corrected chi connectivity index (χ2v) is 7.17. The van der Waals surface area contributed by atoms with E-state index in [9.17, 15) is 9.50 Å². The summed E-state index contributed by atoms with van der Waals surface area (Å²) in [4.78, 5) is 0. The Hall–Kier alpha value is -2.53. The van der Waals surface area contributed by atoms with Gasteiger partial charge in [-0.05, 0) is 46.9 Å². The Kier molecular flexibility index (Phi) is 5.27. The zero-order valence-electron chi connectivity index (χ0n) is 15.9. The van der Waals surface area contributed by atoms with E-state index in [1.54, 1.807) is 19.1 Å². The Labute approximate surface area is 164 Å². The standard InChI is InChI=1S/C24H24FNO2/c1-17(27)20-9-2-4-11-22(20)24(16-26-13-14-28-24)23-12-5-3-10-21(23)18-7-6-8-19(25)15-18/h2-12,15,17,26-27H,13-14,16H2,1H3. The molecule has 0 amide bonds. The molecule has 2 N–H and O–H groups in total. The van der Waals surface area contributed by atoms with Gasteiger partial charge in [0.1, 0.15) is 11.4 Å². The number of aliphatic hydroxyl groups is 1. The molecule has 2 atom stereocenters. The summed E-state index contributed by atoms with van der Waals surface area (Å²) in [7, 11) is 0.